The molecule has 0 spiro atoms. The van der Waals surface area contributed by atoms with Crippen LogP contribution in [0, 0.1) is 0 Å². The molecule has 1 fully saturated rings. The van der Waals surface area contributed by atoms with Gasteiger partial charge >= 0.3 is 6.61 Å². The van der Waals surface area contributed by atoms with Gasteiger partial charge in [-0.2, -0.15) is 13.1 Å². The first-order chi connectivity index (χ1) is 15.7. The Bertz CT molecular complexity index is 1060. The number of benzene rings is 2. The van der Waals surface area contributed by atoms with Crippen molar-refractivity contribution in [3.05, 3.63) is 48.5 Å². The summed E-state index contributed by atoms with van der Waals surface area (Å²) in [7, 11) is -3.57. The van der Waals surface area contributed by atoms with Crippen molar-refractivity contribution in [3.8, 4) is 5.75 Å². The molecule has 0 aliphatic carbocycles. The van der Waals surface area contributed by atoms with Crippen LogP contribution in [-0.4, -0.2) is 55.9 Å². The highest BCUT2D eigenvalue weighted by Crippen LogP contribution is 2.20. The van der Waals surface area contributed by atoms with Gasteiger partial charge in [-0.15, -0.1) is 0 Å². The standard InChI is InChI=1S/C19H21F2N5O4S3/c20-17(21)30-15-5-1-13(2-6-15)22-18(31)24-25-19(32)23-14-3-7-16(8-4-14)33(27,28)26-9-11-29-12-10-26/h1-8,17H,9-12H2,(H2,22,24,31)(H2,23,25,32). The van der Waals surface area contributed by atoms with Gasteiger partial charge in [0.05, 0.1) is 18.1 Å². The molecule has 0 bridgehead atoms. The van der Waals surface area contributed by atoms with Crippen molar-refractivity contribution in [2.75, 3.05) is 36.9 Å². The summed E-state index contributed by atoms with van der Waals surface area (Å²) in [6, 6.07) is 12.0. The Labute approximate surface area is 200 Å². The molecule has 4 N–H and O–H groups in total. The predicted molar refractivity (Wildman–Crippen MR) is 128 cm³/mol. The van der Waals surface area contributed by atoms with Crippen molar-refractivity contribution >= 4 is 56.1 Å². The lowest BCUT2D eigenvalue weighted by atomic mass is 10.3. The van der Waals surface area contributed by atoms with Gasteiger partial charge in [0.15, 0.2) is 10.2 Å². The monoisotopic (exact) mass is 517 g/mol. The van der Waals surface area contributed by atoms with E-state index in [4.69, 9.17) is 29.2 Å². The second kappa shape index (κ2) is 11.5. The Morgan fingerprint density at radius 2 is 1.39 bits per heavy atom. The molecule has 1 heterocycles. The van der Waals surface area contributed by atoms with Crippen molar-refractivity contribution in [1.82, 2.24) is 15.2 Å². The van der Waals surface area contributed by atoms with Gasteiger partial charge in [0.25, 0.3) is 0 Å². The van der Waals surface area contributed by atoms with E-state index in [0.29, 0.717) is 37.7 Å². The molecule has 9 nitrogen and oxygen atoms in total. The molecule has 3 rings (SSSR count). The molecule has 33 heavy (non-hydrogen) atoms. The van der Waals surface area contributed by atoms with Crippen LogP contribution in [-0.2, 0) is 14.8 Å². The summed E-state index contributed by atoms with van der Waals surface area (Å²) < 4.78 is 60.5. The van der Waals surface area contributed by atoms with E-state index in [-0.39, 0.29) is 20.9 Å². The van der Waals surface area contributed by atoms with Crippen molar-refractivity contribution < 1.29 is 26.7 Å². The third kappa shape index (κ3) is 7.43. The minimum Gasteiger partial charge on any atom is -0.435 e. The number of hydrogen-bond acceptors (Lipinski definition) is 6. The Kier molecular flexibility index (Phi) is 8.68. The summed E-state index contributed by atoms with van der Waals surface area (Å²) in [4.78, 5) is 0.183. The lowest BCUT2D eigenvalue weighted by Crippen LogP contribution is -2.45. The van der Waals surface area contributed by atoms with E-state index < -0.39 is 16.6 Å². The number of nitrogens with one attached hydrogen (secondary N) is 4. The Hall–Kier alpha value is -2.65. The highest BCUT2D eigenvalue weighted by atomic mass is 32.2. The highest BCUT2D eigenvalue weighted by molar-refractivity contribution is 7.89. The van der Waals surface area contributed by atoms with Crippen molar-refractivity contribution in [2.45, 2.75) is 11.5 Å². The van der Waals surface area contributed by atoms with Crippen molar-refractivity contribution in [3.63, 3.8) is 0 Å². The predicted octanol–water partition coefficient (Wildman–Crippen LogP) is 2.50. The maximum atomic E-state index is 12.7. The highest BCUT2D eigenvalue weighted by Gasteiger charge is 2.26. The minimum absolute atomic E-state index is 0.0293. The molecule has 0 atom stereocenters. The zero-order valence-electron chi connectivity index (χ0n) is 17.1. The molecule has 1 aliphatic heterocycles. The van der Waals surface area contributed by atoms with E-state index in [9.17, 15) is 17.2 Å². The number of nitrogens with zero attached hydrogens (tertiary/aromatic N) is 1. The maximum absolute atomic E-state index is 12.7. The molecule has 0 aromatic heterocycles. The second-order valence-corrected chi connectivity index (χ2v) is 9.36. The van der Waals surface area contributed by atoms with E-state index in [1.807, 2.05) is 0 Å². The molecule has 14 heteroatoms. The molecule has 0 radical (unpaired) electrons. The number of ether oxygens (including phenoxy) is 2. The molecule has 2 aromatic carbocycles. The van der Waals surface area contributed by atoms with Crippen LogP contribution < -0.4 is 26.2 Å². The van der Waals surface area contributed by atoms with Crippen LogP contribution in [0.4, 0.5) is 20.2 Å². The van der Waals surface area contributed by atoms with Crippen LogP contribution in [0.25, 0.3) is 0 Å². The number of sulfonamides is 1. The molecular formula is C19H21F2N5O4S3. The Morgan fingerprint density at radius 3 is 1.88 bits per heavy atom. The summed E-state index contributed by atoms with van der Waals surface area (Å²) in [5, 5.41) is 6.10. The SMILES string of the molecule is O=S(=O)(c1ccc(NC(=S)NNC(=S)Nc2ccc(OC(F)F)cc2)cc1)N1CCOCC1. The number of hydrogen-bond donors (Lipinski definition) is 4. The van der Waals surface area contributed by atoms with Gasteiger partial charge in [-0.25, -0.2) is 8.42 Å². The van der Waals surface area contributed by atoms with Crippen molar-refractivity contribution in [2.24, 2.45) is 0 Å². The van der Waals surface area contributed by atoms with E-state index in [0.717, 1.165) is 0 Å². The number of rotatable bonds is 6. The van der Waals surface area contributed by atoms with E-state index >= 15 is 0 Å². The largest absolute Gasteiger partial charge is 0.435 e. The van der Waals surface area contributed by atoms with Crippen LogP contribution in [0.5, 0.6) is 5.75 Å². The van der Waals surface area contributed by atoms with E-state index in [1.54, 1.807) is 12.1 Å². The lowest BCUT2D eigenvalue weighted by molar-refractivity contribution is -0.0498. The normalized spacial score (nSPS) is 14.4. The second-order valence-electron chi connectivity index (χ2n) is 6.60. The molecule has 1 saturated heterocycles. The number of morpholine rings is 1. The van der Waals surface area contributed by atoms with Gasteiger partial charge < -0.3 is 20.1 Å². The van der Waals surface area contributed by atoms with Gasteiger partial charge in [-0.3, -0.25) is 10.9 Å². The lowest BCUT2D eigenvalue weighted by Gasteiger charge is -2.26. The van der Waals surface area contributed by atoms with E-state index in [2.05, 4.69) is 26.2 Å². The Morgan fingerprint density at radius 1 is 0.909 bits per heavy atom. The first-order valence-electron chi connectivity index (χ1n) is 9.61. The fourth-order valence-corrected chi connectivity index (χ4v) is 4.55. The summed E-state index contributed by atoms with van der Waals surface area (Å²) in [5.74, 6) is 0.0293. The third-order valence-electron chi connectivity index (χ3n) is 4.35. The van der Waals surface area contributed by atoms with Crippen molar-refractivity contribution in [1.29, 1.82) is 0 Å². The average molecular weight is 518 g/mol. The zero-order valence-corrected chi connectivity index (χ0v) is 19.5. The van der Waals surface area contributed by atoms with Crippen LogP contribution in [0.2, 0.25) is 0 Å². The summed E-state index contributed by atoms with van der Waals surface area (Å²) in [6.07, 6.45) is 0. The molecule has 0 unspecified atom stereocenters. The molecule has 2 aromatic rings. The van der Waals surface area contributed by atoms with Gasteiger partial charge in [0, 0.05) is 24.5 Å². The number of hydrazine groups is 1. The molecule has 0 amide bonds. The van der Waals surface area contributed by atoms with Crippen LogP contribution in [0.1, 0.15) is 0 Å². The molecule has 1 aliphatic rings. The smallest absolute Gasteiger partial charge is 0.387 e. The third-order valence-corrected chi connectivity index (χ3v) is 6.67. The number of thiocarbonyl (C=S) groups is 2. The quantitative estimate of drug-likeness (QED) is 0.338. The van der Waals surface area contributed by atoms with Gasteiger partial charge in [0.1, 0.15) is 5.75 Å². The fraction of sp³-hybridized carbons (Fsp3) is 0.263. The van der Waals surface area contributed by atoms with Gasteiger partial charge in [-0.1, -0.05) is 0 Å². The average Bonchev–Trinajstić information content (AvgIpc) is 2.80. The topological polar surface area (TPSA) is 104 Å². The molecular weight excluding hydrogens is 496 g/mol. The van der Waals surface area contributed by atoms with Crippen LogP contribution in [0.3, 0.4) is 0 Å². The number of alkyl halides is 2. The maximum Gasteiger partial charge on any atom is 0.387 e. The zero-order chi connectivity index (χ0) is 23.8. The number of halogens is 2. The van der Waals surface area contributed by atoms with E-state index in [1.165, 1.54) is 40.7 Å². The fourth-order valence-electron chi connectivity index (χ4n) is 2.80. The summed E-state index contributed by atoms with van der Waals surface area (Å²) in [6.45, 7) is -1.50. The molecule has 0 saturated carbocycles. The molecule has 178 valence electrons. The number of anilines is 2. The van der Waals surface area contributed by atoms with Crippen LogP contribution >= 0.6 is 24.4 Å². The first kappa shape index (κ1) is 25.0. The van der Waals surface area contributed by atoms with Gasteiger partial charge in [-0.05, 0) is 73.0 Å². The van der Waals surface area contributed by atoms with Gasteiger partial charge in [0.2, 0.25) is 10.0 Å². The summed E-state index contributed by atoms with van der Waals surface area (Å²) in [5.41, 5.74) is 6.49. The Balaban J connectivity index is 1.46. The first-order valence-corrected chi connectivity index (χ1v) is 11.9. The van der Waals surface area contributed by atoms with Crippen LogP contribution in [0.15, 0.2) is 53.4 Å². The summed E-state index contributed by atoms with van der Waals surface area (Å²) >= 11 is 10.3. The minimum atomic E-state index is -3.57.